The Bertz CT molecular complexity index is 269. The minimum Gasteiger partial charge on any atom is -0.466 e. The van der Waals surface area contributed by atoms with E-state index in [2.05, 4.69) is 7.05 Å². The molecular formula is C10H14FN. The number of hydrogen-bond acceptors (Lipinski definition) is 0. The third-order valence-electron chi connectivity index (χ3n) is 1.69. The van der Waals surface area contributed by atoms with Crippen molar-refractivity contribution in [3.63, 3.8) is 0 Å². The van der Waals surface area contributed by atoms with Crippen LogP contribution in [0, 0.1) is 19.8 Å². The standard InChI is InChI=1S/C10H14FN/c1-8-4-5-10(11)9(6-8)7-12(2)3/h4-6,12H,2,7H2,1,3H3. The molecule has 0 saturated carbocycles. The largest absolute Gasteiger partial charge is 0.466 e. The Hall–Kier alpha value is -0.890. The van der Waals surface area contributed by atoms with Crippen LogP contribution in [0.1, 0.15) is 11.1 Å². The molecule has 2 heteroatoms. The van der Waals surface area contributed by atoms with Gasteiger partial charge < -0.3 is 4.90 Å². The van der Waals surface area contributed by atoms with Crippen molar-refractivity contribution in [3.8, 4) is 0 Å². The molecule has 0 spiro atoms. The van der Waals surface area contributed by atoms with E-state index in [1.807, 2.05) is 20.0 Å². The molecule has 1 nitrogen and oxygen atoms in total. The molecule has 0 bridgehead atoms. The number of hydrogen-bond donors (Lipinski definition) is 1. The summed E-state index contributed by atoms with van der Waals surface area (Å²) in [6.07, 6.45) is 0. The van der Waals surface area contributed by atoms with Crippen molar-refractivity contribution >= 4 is 0 Å². The first-order chi connectivity index (χ1) is 5.59. The van der Waals surface area contributed by atoms with Gasteiger partial charge in [-0.2, -0.15) is 7.05 Å². The summed E-state index contributed by atoms with van der Waals surface area (Å²) in [6, 6.07) is 5.15. The number of quaternary nitrogens is 1. The summed E-state index contributed by atoms with van der Waals surface area (Å²) in [5.41, 5.74) is 1.83. The maximum absolute atomic E-state index is 13.1. The second kappa shape index (κ2) is 3.68. The van der Waals surface area contributed by atoms with E-state index >= 15 is 0 Å². The minimum absolute atomic E-state index is 0.136. The molecule has 0 aliphatic heterocycles. The Labute approximate surface area is 72.8 Å². The fourth-order valence-electron chi connectivity index (χ4n) is 1.16. The maximum Gasteiger partial charge on any atom is 0.131 e. The lowest BCUT2D eigenvalue weighted by molar-refractivity contribution is -0.846. The first kappa shape index (κ1) is 9.20. The SMILES string of the molecule is [CH2-][NH+](C)Cc1cc(C)ccc1F. The molecule has 12 heavy (non-hydrogen) atoms. The quantitative estimate of drug-likeness (QED) is 0.625. The highest BCUT2D eigenvalue weighted by Gasteiger charge is 2.02. The van der Waals surface area contributed by atoms with E-state index in [4.69, 9.17) is 0 Å². The van der Waals surface area contributed by atoms with E-state index in [9.17, 15) is 4.39 Å². The van der Waals surface area contributed by atoms with Gasteiger partial charge in [0.05, 0.1) is 6.54 Å². The predicted molar refractivity (Wildman–Crippen MR) is 47.1 cm³/mol. The molecule has 0 aliphatic carbocycles. The Kier molecular flexibility index (Phi) is 2.82. The maximum atomic E-state index is 13.1. The zero-order valence-corrected chi connectivity index (χ0v) is 7.52. The van der Waals surface area contributed by atoms with Gasteiger partial charge in [0.15, 0.2) is 0 Å². The van der Waals surface area contributed by atoms with Gasteiger partial charge in [-0.05, 0) is 19.1 Å². The van der Waals surface area contributed by atoms with Crippen LogP contribution in [-0.4, -0.2) is 7.05 Å². The third kappa shape index (κ3) is 2.31. The summed E-state index contributed by atoms with van der Waals surface area (Å²) in [5, 5.41) is 0. The van der Waals surface area contributed by atoms with Gasteiger partial charge in [-0.15, -0.1) is 0 Å². The Morgan fingerprint density at radius 1 is 1.50 bits per heavy atom. The summed E-state index contributed by atoms with van der Waals surface area (Å²) < 4.78 is 13.1. The van der Waals surface area contributed by atoms with Crippen LogP contribution in [0.4, 0.5) is 4.39 Å². The van der Waals surface area contributed by atoms with Gasteiger partial charge in [0.2, 0.25) is 0 Å². The second-order valence-corrected chi connectivity index (χ2v) is 3.23. The summed E-state index contributed by atoms with van der Waals surface area (Å²) >= 11 is 0. The zero-order valence-electron chi connectivity index (χ0n) is 7.52. The van der Waals surface area contributed by atoms with E-state index in [-0.39, 0.29) is 5.82 Å². The molecule has 0 aliphatic rings. The van der Waals surface area contributed by atoms with Gasteiger partial charge in [0.25, 0.3) is 0 Å². The molecule has 1 N–H and O–H groups in total. The first-order valence-electron chi connectivity index (χ1n) is 3.99. The lowest BCUT2D eigenvalue weighted by Crippen LogP contribution is -3.01. The van der Waals surface area contributed by atoms with Crippen LogP contribution in [-0.2, 0) is 6.54 Å². The summed E-state index contributed by atoms with van der Waals surface area (Å²) in [7, 11) is 5.66. The van der Waals surface area contributed by atoms with Gasteiger partial charge >= 0.3 is 0 Å². The van der Waals surface area contributed by atoms with Gasteiger partial charge in [0, 0.05) is 12.6 Å². The predicted octanol–water partition coefficient (Wildman–Crippen LogP) is 0.940. The molecule has 0 saturated heterocycles. The normalized spacial score (nSPS) is 13.0. The number of halogens is 1. The smallest absolute Gasteiger partial charge is 0.131 e. The van der Waals surface area contributed by atoms with E-state index in [1.165, 1.54) is 6.07 Å². The van der Waals surface area contributed by atoms with Gasteiger partial charge in [-0.25, -0.2) is 4.39 Å². The second-order valence-electron chi connectivity index (χ2n) is 3.23. The monoisotopic (exact) mass is 167 g/mol. The van der Waals surface area contributed by atoms with E-state index in [1.54, 1.807) is 6.07 Å². The van der Waals surface area contributed by atoms with Crippen molar-refractivity contribution in [2.45, 2.75) is 13.5 Å². The van der Waals surface area contributed by atoms with Crippen LogP contribution in [0.25, 0.3) is 0 Å². The number of aryl methyl sites for hydroxylation is 1. The molecule has 1 unspecified atom stereocenters. The highest BCUT2D eigenvalue weighted by Crippen LogP contribution is 2.08. The molecule has 66 valence electrons. The molecule has 0 fully saturated rings. The zero-order chi connectivity index (χ0) is 9.14. The lowest BCUT2D eigenvalue weighted by atomic mass is 10.1. The fraction of sp³-hybridized carbons (Fsp3) is 0.300. The Morgan fingerprint density at radius 2 is 2.17 bits per heavy atom. The topological polar surface area (TPSA) is 4.44 Å². The average molecular weight is 167 g/mol. The molecule has 1 atom stereocenters. The highest BCUT2D eigenvalue weighted by molar-refractivity contribution is 5.23. The Balaban J connectivity index is 2.90. The Morgan fingerprint density at radius 3 is 2.75 bits per heavy atom. The number of rotatable bonds is 2. The summed E-state index contributed by atoms with van der Waals surface area (Å²) in [4.78, 5) is 0.986. The van der Waals surface area contributed by atoms with Crippen LogP contribution < -0.4 is 4.90 Å². The van der Waals surface area contributed by atoms with Crippen molar-refractivity contribution in [1.82, 2.24) is 0 Å². The third-order valence-corrected chi connectivity index (χ3v) is 1.69. The summed E-state index contributed by atoms with van der Waals surface area (Å²) in [5.74, 6) is -0.136. The number of nitrogens with one attached hydrogen (secondary N) is 1. The van der Waals surface area contributed by atoms with Crippen molar-refractivity contribution < 1.29 is 9.29 Å². The van der Waals surface area contributed by atoms with E-state index in [0.717, 1.165) is 16.0 Å². The molecule has 0 heterocycles. The van der Waals surface area contributed by atoms with Crippen molar-refractivity contribution in [2.24, 2.45) is 0 Å². The summed E-state index contributed by atoms with van der Waals surface area (Å²) in [6.45, 7) is 2.59. The van der Waals surface area contributed by atoms with Gasteiger partial charge in [0.1, 0.15) is 5.82 Å². The van der Waals surface area contributed by atoms with Crippen LogP contribution in [0.3, 0.4) is 0 Å². The first-order valence-corrected chi connectivity index (χ1v) is 3.99. The molecule has 1 aromatic rings. The van der Waals surface area contributed by atoms with Crippen molar-refractivity contribution in [2.75, 3.05) is 7.05 Å². The number of benzene rings is 1. The average Bonchev–Trinajstić information content (AvgIpc) is 1.96. The lowest BCUT2D eigenvalue weighted by Gasteiger charge is -2.14. The molecule has 0 amide bonds. The highest BCUT2D eigenvalue weighted by atomic mass is 19.1. The molecule has 1 rings (SSSR count). The van der Waals surface area contributed by atoms with Crippen LogP contribution in [0.15, 0.2) is 18.2 Å². The van der Waals surface area contributed by atoms with Crippen molar-refractivity contribution in [3.05, 3.63) is 42.2 Å². The molecule has 0 aromatic heterocycles. The molecule has 1 aromatic carbocycles. The minimum atomic E-state index is -0.136. The fourth-order valence-corrected chi connectivity index (χ4v) is 1.16. The van der Waals surface area contributed by atoms with Crippen LogP contribution in [0.5, 0.6) is 0 Å². The van der Waals surface area contributed by atoms with Crippen LogP contribution >= 0.6 is 0 Å². The van der Waals surface area contributed by atoms with E-state index in [0.29, 0.717) is 6.54 Å². The van der Waals surface area contributed by atoms with Crippen LogP contribution in [0.2, 0.25) is 0 Å². The molecule has 0 radical (unpaired) electrons. The van der Waals surface area contributed by atoms with Gasteiger partial charge in [-0.3, -0.25) is 0 Å². The van der Waals surface area contributed by atoms with Crippen molar-refractivity contribution in [1.29, 1.82) is 0 Å². The van der Waals surface area contributed by atoms with Gasteiger partial charge in [-0.1, -0.05) is 11.6 Å². The molecular weight excluding hydrogens is 153 g/mol. The van der Waals surface area contributed by atoms with E-state index < -0.39 is 0 Å².